The lowest BCUT2D eigenvalue weighted by Gasteiger charge is -2.30. The molecular formula is C18H22FN3O5S. The van der Waals surface area contributed by atoms with Gasteiger partial charge in [0.15, 0.2) is 6.61 Å². The maximum atomic E-state index is 13.0. The van der Waals surface area contributed by atoms with Gasteiger partial charge in [0.1, 0.15) is 5.82 Å². The van der Waals surface area contributed by atoms with E-state index in [1.807, 2.05) is 6.07 Å². The Morgan fingerprint density at radius 1 is 1.29 bits per heavy atom. The van der Waals surface area contributed by atoms with Crippen molar-refractivity contribution in [2.75, 3.05) is 33.3 Å². The molecule has 0 bridgehead atoms. The zero-order valence-corrected chi connectivity index (χ0v) is 16.3. The van der Waals surface area contributed by atoms with Gasteiger partial charge in [0.25, 0.3) is 5.91 Å². The number of benzene rings is 1. The predicted octanol–water partition coefficient (Wildman–Crippen LogP) is 1.14. The van der Waals surface area contributed by atoms with Crippen molar-refractivity contribution in [2.45, 2.75) is 24.2 Å². The van der Waals surface area contributed by atoms with Gasteiger partial charge in [0.2, 0.25) is 10.0 Å². The van der Waals surface area contributed by atoms with E-state index in [0.717, 1.165) is 12.1 Å². The smallest absolute Gasteiger partial charge is 0.309 e. The van der Waals surface area contributed by atoms with E-state index < -0.39 is 40.2 Å². The number of carbonyl (C=O) groups is 2. The second-order valence-electron chi connectivity index (χ2n) is 6.46. The van der Waals surface area contributed by atoms with Gasteiger partial charge in [-0.1, -0.05) is 0 Å². The number of esters is 1. The first-order chi connectivity index (χ1) is 13.3. The molecule has 0 saturated carbocycles. The minimum Gasteiger partial charge on any atom is -0.455 e. The fraction of sp³-hybridized carbons (Fsp3) is 0.500. The summed E-state index contributed by atoms with van der Waals surface area (Å²) in [4.78, 5) is 25.3. The van der Waals surface area contributed by atoms with Crippen LogP contribution in [0.15, 0.2) is 29.2 Å². The van der Waals surface area contributed by atoms with Crippen molar-refractivity contribution in [1.29, 1.82) is 5.26 Å². The van der Waals surface area contributed by atoms with E-state index in [0.29, 0.717) is 0 Å². The molecule has 2 rings (SSSR count). The van der Waals surface area contributed by atoms with Crippen molar-refractivity contribution in [3.8, 4) is 6.07 Å². The van der Waals surface area contributed by atoms with Crippen LogP contribution in [0, 0.1) is 23.1 Å². The van der Waals surface area contributed by atoms with E-state index >= 15 is 0 Å². The third kappa shape index (κ3) is 5.50. The largest absolute Gasteiger partial charge is 0.455 e. The van der Waals surface area contributed by atoms with E-state index in [1.165, 1.54) is 28.4 Å². The predicted molar refractivity (Wildman–Crippen MR) is 96.7 cm³/mol. The average molecular weight is 411 g/mol. The Morgan fingerprint density at radius 2 is 1.89 bits per heavy atom. The SMILES string of the molecule is CN(CCC#N)C(=O)COC(=O)C1CCN(S(=O)(=O)c2ccc(F)cc2)CC1. The zero-order chi connectivity index (χ0) is 20.7. The summed E-state index contributed by atoms with van der Waals surface area (Å²) in [5.41, 5.74) is 0. The summed E-state index contributed by atoms with van der Waals surface area (Å²) in [6.07, 6.45) is 0.743. The number of hydrogen-bond donors (Lipinski definition) is 0. The lowest BCUT2D eigenvalue weighted by Crippen LogP contribution is -2.41. The molecule has 0 spiro atoms. The molecule has 1 amide bonds. The molecule has 1 aliphatic heterocycles. The topological polar surface area (TPSA) is 108 Å². The van der Waals surface area contributed by atoms with Crippen LogP contribution in [0.5, 0.6) is 0 Å². The quantitative estimate of drug-likeness (QED) is 0.623. The van der Waals surface area contributed by atoms with Gasteiger partial charge in [-0.3, -0.25) is 9.59 Å². The van der Waals surface area contributed by atoms with Gasteiger partial charge in [0.05, 0.1) is 23.3 Å². The van der Waals surface area contributed by atoms with Crippen molar-refractivity contribution in [3.63, 3.8) is 0 Å². The zero-order valence-electron chi connectivity index (χ0n) is 15.5. The normalized spacial score (nSPS) is 15.6. The number of piperidine rings is 1. The Morgan fingerprint density at radius 3 is 2.46 bits per heavy atom. The number of halogens is 1. The van der Waals surface area contributed by atoms with Crippen LogP contribution in [0.2, 0.25) is 0 Å². The van der Waals surface area contributed by atoms with Crippen molar-refractivity contribution in [2.24, 2.45) is 5.92 Å². The van der Waals surface area contributed by atoms with Gasteiger partial charge < -0.3 is 9.64 Å². The van der Waals surface area contributed by atoms with Crippen LogP contribution in [0.25, 0.3) is 0 Å². The summed E-state index contributed by atoms with van der Waals surface area (Å²) < 4.78 is 44.4. The van der Waals surface area contributed by atoms with E-state index in [-0.39, 0.29) is 43.8 Å². The number of ether oxygens (including phenoxy) is 1. The number of likely N-dealkylation sites (N-methyl/N-ethyl adjacent to an activating group) is 1. The number of sulfonamides is 1. The van der Waals surface area contributed by atoms with Gasteiger partial charge >= 0.3 is 5.97 Å². The second kappa shape index (κ2) is 9.61. The molecule has 1 aromatic carbocycles. The van der Waals surface area contributed by atoms with E-state index in [9.17, 15) is 22.4 Å². The van der Waals surface area contributed by atoms with Crippen LogP contribution in [-0.4, -0.2) is 62.8 Å². The molecule has 0 unspecified atom stereocenters. The molecule has 8 nitrogen and oxygen atoms in total. The van der Waals surface area contributed by atoms with Gasteiger partial charge in [-0.15, -0.1) is 0 Å². The third-order valence-corrected chi connectivity index (χ3v) is 6.47. The number of carbonyl (C=O) groups excluding carboxylic acids is 2. The summed E-state index contributed by atoms with van der Waals surface area (Å²) >= 11 is 0. The van der Waals surface area contributed by atoms with Gasteiger partial charge in [-0.05, 0) is 37.1 Å². The van der Waals surface area contributed by atoms with Gasteiger partial charge in [-0.25, -0.2) is 12.8 Å². The first-order valence-corrected chi connectivity index (χ1v) is 10.2. The fourth-order valence-corrected chi connectivity index (χ4v) is 4.26. The van der Waals surface area contributed by atoms with Crippen molar-refractivity contribution < 1.29 is 27.1 Å². The number of nitrogens with zero attached hydrogens (tertiary/aromatic N) is 3. The molecule has 0 N–H and O–H groups in total. The summed E-state index contributed by atoms with van der Waals surface area (Å²) in [5.74, 6) is -1.95. The van der Waals surface area contributed by atoms with Crippen molar-refractivity contribution in [1.82, 2.24) is 9.21 Å². The Balaban J connectivity index is 1.84. The number of amides is 1. The lowest BCUT2D eigenvalue weighted by molar-refractivity contribution is -0.156. The van der Waals surface area contributed by atoms with Crippen LogP contribution in [0.4, 0.5) is 4.39 Å². The minimum atomic E-state index is -3.75. The highest BCUT2D eigenvalue weighted by molar-refractivity contribution is 7.89. The van der Waals surface area contributed by atoms with Gasteiger partial charge in [-0.2, -0.15) is 9.57 Å². The van der Waals surface area contributed by atoms with Gasteiger partial charge in [0, 0.05) is 26.7 Å². The monoisotopic (exact) mass is 411 g/mol. The van der Waals surface area contributed by atoms with Crippen molar-refractivity contribution in [3.05, 3.63) is 30.1 Å². The number of hydrogen-bond acceptors (Lipinski definition) is 6. The Labute approximate surface area is 163 Å². The van der Waals surface area contributed by atoms with Crippen LogP contribution in [0.3, 0.4) is 0 Å². The van der Waals surface area contributed by atoms with Crippen LogP contribution < -0.4 is 0 Å². The molecule has 10 heteroatoms. The first-order valence-electron chi connectivity index (χ1n) is 8.79. The molecule has 28 heavy (non-hydrogen) atoms. The summed E-state index contributed by atoms with van der Waals surface area (Å²) in [6, 6.07) is 6.51. The van der Waals surface area contributed by atoms with E-state index in [2.05, 4.69) is 0 Å². The highest BCUT2D eigenvalue weighted by atomic mass is 32.2. The third-order valence-electron chi connectivity index (χ3n) is 4.56. The first kappa shape index (κ1) is 21.8. The Bertz CT molecular complexity index is 843. The highest BCUT2D eigenvalue weighted by Gasteiger charge is 2.33. The molecule has 0 radical (unpaired) electrons. The molecule has 152 valence electrons. The molecule has 1 saturated heterocycles. The van der Waals surface area contributed by atoms with Crippen LogP contribution in [-0.2, 0) is 24.3 Å². The van der Waals surface area contributed by atoms with Crippen LogP contribution >= 0.6 is 0 Å². The minimum absolute atomic E-state index is 0.000861. The average Bonchev–Trinajstić information content (AvgIpc) is 2.70. The summed E-state index contributed by atoms with van der Waals surface area (Å²) in [5, 5.41) is 8.51. The Kier molecular flexibility index (Phi) is 7.48. The molecule has 0 aliphatic carbocycles. The Hall–Kier alpha value is -2.51. The summed E-state index contributed by atoms with van der Waals surface area (Å²) in [6.45, 7) is 0.117. The standard InChI is InChI=1S/C18H22FN3O5S/c1-21(10-2-9-20)17(23)13-27-18(24)14-7-11-22(12-8-14)28(25,26)16-5-3-15(19)4-6-16/h3-6,14H,2,7-8,10-13H2,1H3. The molecular weight excluding hydrogens is 389 g/mol. The number of nitriles is 1. The highest BCUT2D eigenvalue weighted by Crippen LogP contribution is 2.24. The maximum absolute atomic E-state index is 13.0. The van der Waals surface area contributed by atoms with Crippen LogP contribution in [0.1, 0.15) is 19.3 Å². The molecule has 1 heterocycles. The molecule has 0 aromatic heterocycles. The maximum Gasteiger partial charge on any atom is 0.309 e. The molecule has 1 fully saturated rings. The molecule has 1 aliphatic rings. The summed E-state index contributed by atoms with van der Waals surface area (Å²) in [7, 11) is -2.23. The fourth-order valence-electron chi connectivity index (χ4n) is 2.79. The number of rotatable bonds is 7. The molecule has 0 atom stereocenters. The molecule has 1 aromatic rings. The van der Waals surface area contributed by atoms with Crippen molar-refractivity contribution >= 4 is 21.9 Å². The van der Waals surface area contributed by atoms with E-state index in [1.54, 1.807) is 0 Å². The van der Waals surface area contributed by atoms with E-state index in [4.69, 9.17) is 10.00 Å². The lowest BCUT2D eigenvalue weighted by atomic mass is 9.98. The second-order valence-corrected chi connectivity index (χ2v) is 8.40.